The summed E-state index contributed by atoms with van der Waals surface area (Å²) in [5.41, 5.74) is 0. The largest absolute Gasteiger partial charge is 0.468 e. The summed E-state index contributed by atoms with van der Waals surface area (Å²) < 4.78 is 5.38. The summed E-state index contributed by atoms with van der Waals surface area (Å²) >= 11 is 0. The lowest BCUT2D eigenvalue weighted by molar-refractivity contribution is 0.373. The standard InChI is InChI=1S/C12H19NO/c1-4-7-10(3)13-11(5-2)12-8-6-9-14-12/h4,6,8-11,13H,1,5,7H2,2-3H3. The Morgan fingerprint density at radius 3 is 2.93 bits per heavy atom. The third kappa shape index (κ3) is 3.04. The van der Waals surface area contributed by atoms with Gasteiger partial charge in [-0.25, -0.2) is 0 Å². The Hall–Kier alpha value is -1.02. The molecule has 0 aliphatic rings. The van der Waals surface area contributed by atoms with Crippen molar-refractivity contribution in [3.63, 3.8) is 0 Å². The van der Waals surface area contributed by atoms with Crippen LogP contribution in [0.4, 0.5) is 0 Å². The van der Waals surface area contributed by atoms with E-state index in [1.807, 2.05) is 18.2 Å². The van der Waals surface area contributed by atoms with E-state index in [1.54, 1.807) is 6.26 Å². The SMILES string of the molecule is C=CCC(C)NC(CC)c1ccco1. The molecular formula is C12H19NO. The molecule has 2 unspecified atom stereocenters. The number of nitrogens with one attached hydrogen (secondary N) is 1. The van der Waals surface area contributed by atoms with Gasteiger partial charge in [0.25, 0.3) is 0 Å². The number of rotatable bonds is 6. The van der Waals surface area contributed by atoms with E-state index in [0.717, 1.165) is 18.6 Å². The molecule has 1 heterocycles. The molecule has 14 heavy (non-hydrogen) atoms. The zero-order valence-electron chi connectivity index (χ0n) is 8.99. The maximum Gasteiger partial charge on any atom is 0.120 e. The van der Waals surface area contributed by atoms with Crippen molar-refractivity contribution in [3.8, 4) is 0 Å². The van der Waals surface area contributed by atoms with Gasteiger partial charge in [0, 0.05) is 6.04 Å². The van der Waals surface area contributed by atoms with Crippen molar-refractivity contribution in [1.29, 1.82) is 0 Å². The molecule has 2 heteroatoms. The second-order valence-electron chi connectivity index (χ2n) is 3.57. The molecule has 1 aromatic heterocycles. The van der Waals surface area contributed by atoms with Gasteiger partial charge in [0.15, 0.2) is 0 Å². The van der Waals surface area contributed by atoms with Crippen molar-refractivity contribution >= 4 is 0 Å². The van der Waals surface area contributed by atoms with Crippen LogP contribution in [0.2, 0.25) is 0 Å². The first kappa shape index (κ1) is 11.1. The predicted octanol–water partition coefficient (Wildman–Crippen LogP) is 3.28. The van der Waals surface area contributed by atoms with Crippen LogP contribution < -0.4 is 5.32 Å². The fraction of sp³-hybridized carbons (Fsp3) is 0.500. The van der Waals surface area contributed by atoms with Crippen LogP contribution in [0.3, 0.4) is 0 Å². The molecule has 0 fully saturated rings. The molecule has 0 saturated heterocycles. The Bertz CT molecular complexity index is 253. The van der Waals surface area contributed by atoms with Crippen LogP contribution >= 0.6 is 0 Å². The Balaban J connectivity index is 2.51. The summed E-state index contributed by atoms with van der Waals surface area (Å²) in [6.07, 6.45) is 5.68. The van der Waals surface area contributed by atoms with E-state index in [-0.39, 0.29) is 0 Å². The topological polar surface area (TPSA) is 25.2 Å². The van der Waals surface area contributed by atoms with E-state index in [9.17, 15) is 0 Å². The van der Waals surface area contributed by atoms with E-state index in [2.05, 4.69) is 25.7 Å². The lowest BCUT2D eigenvalue weighted by atomic mass is 10.1. The van der Waals surface area contributed by atoms with Crippen molar-refractivity contribution in [2.75, 3.05) is 0 Å². The van der Waals surface area contributed by atoms with Crippen LogP contribution in [0.5, 0.6) is 0 Å². The van der Waals surface area contributed by atoms with Gasteiger partial charge in [-0.1, -0.05) is 13.0 Å². The molecule has 1 rings (SSSR count). The zero-order valence-corrected chi connectivity index (χ0v) is 8.99. The fourth-order valence-corrected chi connectivity index (χ4v) is 1.55. The summed E-state index contributed by atoms with van der Waals surface area (Å²) in [7, 11) is 0. The van der Waals surface area contributed by atoms with Crippen LogP contribution in [0.1, 0.15) is 38.5 Å². The zero-order chi connectivity index (χ0) is 10.4. The van der Waals surface area contributed by atoms with Gasteiger partial charge in [-0.15, -0.1) is 6.58 Å². The molecule has 0 radical (unpaired) electrons. The van der Waals surface area contributed by atoms with Crippen molar-refractivity contribution in [1.82, 2.24) is 5.32 Å². The molecule has 1 aromatic rings. The van der Waals surface area contributed by atoms with Gasteiger partial charge in [0.2, 0.25) is 0 Å². The van der Waals surface area contributed by atoms with E-state index in [4.69, 9.17) is 4.42 Å². The molecule has 0 spiro atoms. The molecule has 2 nitrogen and oxygen atoms in total. The molecular weight excluding hydrogens is 174 g/mol. The van der Waals surface area contributed by atoms with Crippen LogP contribution in [0.15, 0.2) is 35.5 Å². The van der Waals surface area contributed by atoms with Crippen molar-refractivity contribution in [2.24, 2.45) is 0 Å². The minimum Gasteiger partial charge on any atom is -0.468 e. The van der Waals surface area contributed by atoms with Crippen LogP contribution in [0, 0.1) is 0 Å². The fourth-order valence-electron chi connectivity index (χ4n) is 1.55. The Kier molecular flexibility index (Phi) is 4.47. The third-order valence-corrected chi connectivity index (χ3v) is 2.30. The van der Waals surface area contributed by atoms with Crippen molar-refractivity contribution < 1.29 is 4.42 Å². The van der Waals surface area contributed by atoms with Gasteiger partial charge in [0.05, 0.1) is 12.3 Å². The van der Waals surface area contributed by atoms with Crippen molar-refractivity contribution in [3.05, 3.63) is 36.8 Å². The number of hydrogen-bond donors (Lipinski definition) is 1. The summed E-state index contributed by atoms with van der Waals surface area (Å²) in [5, 5.41) is 3.50. The number of hydrogen-bond acceptors (Lipinski definition) is 2. The van der Waals surface area contributed by atoms with Gasteiger partial charge >= 0.3 is 0 Å². The second-order valence-corrected chi connectivity index (χ2v) is 3.57. The van der Waals surface area contributed by atoms with E-state index < -0.39 is 0 Å². The Morgan fingerprint density at radius 2 is 2.43 bits per heavy atom. The molecule has 0 amide bonds. The highest BCUT2D eigenvalue weighted by Gasteiger charge is 2.13. The minimum atomic E-state index is 0.319. The lowest BCUT2D eigenvalue weighted by Crippen LogP contribution is -2.29. The second kappa shape index (κ2) is 5.66. The molecule has 2 atom stereocenters. The Morgan fingerprint density at radius 1 is 1.64 bits per heavy atom. The quantitative estimate of drug-likeness (QED) is 0.701. The molecule has 78 valence electrons. The van der Waals surface area contributed by atoms with Crippen LogP contribution in [0.25, 0.3) is 0 Å². The molecule has 0 aliphatic carbocycles. The molecule has 0 saturated carbocycles. The Labute approximate surface area is 86.0 Å². The van der Waals surface area contributed by atoms with Gasteiger partial charge in [0.1, 0.15) is 5.76 Å². The predicted molar refractivity (Wildman–Crippen MR) is 59.2 cm³/mol. The van der Waals surface area contributed by atoms with E-state index >= 15 is 0 Å². The van der Waals surface area contributed by atoms with Crippen LogP contribution in [-0.4, -0.2) is 6.04 Å². The van der Waals surface area contributed by atoms with E-state index in [0.29, 0.717) is 12.1 Å². The highest BCUT2D eigenvalue weighted by Crippen LogP contribution is 2.17. The van der Waals surface area contributed by atoms with Crippen molar-refractivity contribution in [2.45, 2.75) is 38.8 Å². The smallest absolute Gasteiger partial charge is 0.120 e. The monoisotopic (exact) mass is 193 g/mol. The molecule has 1 N–H and O–H groups in total. The maximum absolute atomic E-state index is 5.38. The highest BCUT2D eigenvalue weighted by atomic mass is 16.3. The minimum absolute atomic E-state index is 0.319. The molecule has 0 aromatic carbocycles. The van der Waals surface area contributed by atoms with Crippen LogP contribution in [-0.2, 0) is 0 Å². The summed E-state index contributed by atoms with van der Waals surface area (Å²) in [5.74, 6) is 1.02. The highest BCUT2D eigenvalue weighted by molar-refractivity contribution is 5.04. The molecule has 0 bridgehead atoms. The summed E-state index contributed by atoms with van der Waals surface area (Å²) in [4.78, 5) is 0. The third-order valence-electron chi connectivity index (χ3n) is 2.30. The summed E-state index contributed by atoms with van der Waals surface area (Å²) in [6, 6.07) is 4.71. The lowest BCUT2D eigenvalue weighted by Gasteiger charge is -2.19. The van der Waals surface area contributed by atoms with Gasteiger partial charge in [-0.3, -0.25) is 0 Å². The maximum atomic E-state index is 5.38. The average molecular weight is 193 g/mol. The van der Waals surface area contributed by atoms with Gasteiger partial charge in [-0.05, 0) is 31.9 Å². The van der Waals surface area contributed by atoms with Gasteiger partial charge in [-0.2, -0.15) is 0 Å². The summed E-state index contributed by atoms with van der Waals surface area (Å²) in [6.45, 7) is 8.05. The first-order valence-electron chi connectivity index (χ1n) is 5.18. The number of furan rings is 1. The van der Waals surface area contributed by atoms with Gasteiger partial charge < -0.3 is 9.73 Å². The van der Waals surface area contributed by atoms with E-state index in [1.165, 1.54) is 0 Å². The average Bonchev–Trinajstić information content (AvgIpc) is 2.67. The molecule has 0 aliphatic heterocycles. The first-order valence-corrected chi connectivity index (χ1v) is 5.18. The first-order chi connectivity index (χ1) is 6.77. The normalized spacial score (nSPS) is 15.0.